The number of rotatable bonds is 6. The third kappa shape index (κ3) is 5.02. The number of halogens is 3. The number of aromatic nitrogens is 3. The maximum atomic E-state index is 12.9. The van der Waals surface area contributed by atoms with E-state index < -0.39 is 23.6 Å². The smallest absolute Gasteiger partial charge is 0.380 e. The Labute approximate surface area is 213 Å². The molecule has 3 N–H and O–H groups in total. The monoisotopic (exact) mass is 515 g/mol. The summed E-state index contributed by atoms with van der Waals surface area (Å²) in [4.78, 5) is 11.1. The lowest BCUT2D eigenvalue weighted by molar-refractivity contribution is -0.128. The third-order valence-electron chi connectivity index (χ3n) is 7.86. The summed E-state index contributed by atoms with van der Waals surface area (Å²) in [6, 6.07) is 8.03. The van der Waals surface area contributed by atoms with Gasteiger partial charge in [-0.3, -0.25) is 4.98 Å². The highest BCUT2D eigenvalue weighted by atomic mass is 19.4. The standard InChI is InChI=1S/C27H32F3N5O2/c1-25(15-35(2)16-25)27(36,20-7-3-17(4-8-20)12-26(28,29)30)21-11-19(13-32-14-21)23-33-24(37-34-23)18-5-9-22(31)10-6-18/h3-4,7-8,11,13-14,18,22,36H,5-6,9-10,12,15-16,31H2,1-2H3. The second-order valence-corrected chi connectivity index (χ2v) is 11.0. The molecule has 1 aromatic carbocycles. The van der Waals surface area contributed by atoms with Crippen LogP contribution in [0.25, 0.3) is 11.4 Å². The predicted molar refractivity (Wildman–Crippen MR) is 132 cm³/mol. The van der Waals surface area contributed by atoms with Crippen molar-refractivity contribution < 1.29 is 22.8 Å². The average molecular weight is 516 g/mol. The van der Waals surface area contributed by atoms with Crippen molar-refractivity contribution in [1.29, 1.82) is 0 Å². The second-order valence-electron chi connectivity index (χ2n) is 11.0. The minimum Gasteiger partial charge on any atom is -0.380 e. The molecule has 1 saturated carbocycles. The van der Waals surface area contributed by atoms with Crippen molar-refractivity contribution in [3.63, 3.8) is 0 Å². The molecule has 1 atom stereocenters. The number of pyridine rings is 1. The molecule has 0 radical (unpaired) electrons. The minimum absolute atomic E-state index is 0.143. The van der Waals surface area contributed by atoms with E-state index in [1.54, 1.807) is 30.6 Å². The Kier molecular flexibility index (Phi) is 6.62. The number of aliphatic hydroxyl groups is 1. The van der Waals surface area contributed by atoms with Crippen LogP contribution in [0.3, 0.4) is 0 Å². The summed E-state index contributed by atoms with van der Waals surface area (Å²) in [5, 5.41) is 16.5. The van der Waals surface area contributed by atoms with E-state index in [2.05, 4.69) is 20.0 Å². The van der Waals surface area contributed by atoms with Crippen LogP contribution < -0.4 is 5.73 Å². The summed E-state index contributed by atoms with van der Waals surface area (Å²) in [6.45, 7) is 3.19. The molecule has 10 heteroatoms. The molecule has 0 spiro atoms. The highest BCUT2D eigenvalue weighted by Crippen LogP contribution is 2.50. The number of nitrogens with two attached hydrogens (primary N) is 1. The van der Waals surface area contributed by atoms with Crippen LogP contribution in [-0.2, 0) is 12.0 Å². The van der Waals surface area contributed by atoms with E-state index in [9.17, 15) is 18.3 Å². The molecule has 2 fully saturated rings. The van der Waals surface area contributed by atoms with Crippen molar-refractivity contribution in [2.24, 2.45) is 11.1 Å². The minimum atomic E-state index is -4.30. The molecule has 3 aromatic rings. The molecule has 2 aliphatic rings. The first kappa shape index (κ1) is 25.8. The zero-order valence-corrected chi connectivity index (χ0v) is 21.0. The van der Waals surface area contributed by atoms with Gasteiger partial charge >= 0.3 is 6.18 Å². The first-order valence-corrected chi connectivity index (χ1v) is 12.6. The molecule has 7 nitrogen and oxygen atoms in total. The van der Waals surface area contributed by atoms with Gasteiger partial charge in [-0.25, -0.2) is 0 Å². The number of alkyl halides is 3. The zero-order chi connectivity index (χ0) is 26.4. The number of benzene rings is 1. The van der Waals surface area contributed by atoms with Gasteiger partial charge in [-0.2, -0.15) is 18.2 Å². The van der Waals surface area contributed by atoms with Gasteiger partial charge in [0.1, 0.15) is 5.60 Å². The molecule has 0 bridgehead atoms. The zero-order valence-electron chi connectivity index (χ0n) is 21.0. The first-order valence-electron chi connectivity index (χ1n) is 12.6. The van der Waals surface area contributed by atoms with Gasteiger partial charge < -0.3 is 20.3 Å². The van der Waals surface area contributed by atoms with Gasteiger partial charge in [-0.15, -0.1) is 0 Å². The van der Waals surface area contributed by atoms with Gasteiger partial charge in [0.25, 0.3) is 0 Å². The van der Waals surface area contributed by atoms with Crippen LogP contribution in [0.1, 0.15) is 61.1 Å². The Morgan fingerprint density at radius 1 is 1.08 bits per heavy atom. The Hall–Kier alpha value is -2.82. The van der Waals surface area contributed by atoms with Gasteiger partial charge in [0.2, 0.25) is 11.7 Å². The van der Waals surface area contributed by atoms with Crippen LogP contribution >= 0.6 is 0 Å². The van der Waals surface area contributed by atoms with Gasteiger partial charge in [0.15, 0.2) is 0 Å². The van der Waals surface area contributed by atoms with E-state index in [1.165, 1.54) is 12.1 Å². The molecule has 1 unspecified atom stereocenters. The summed E-state index contributed by atoms with van der Waals surface area (Å²) in [5.41, 5.74) is 5.72. The molecule has 1 saturated heterocycles. The Bertz CT molecular complexity index is 1230. The summed E-state index contributed by atoms with van der Waals surface area (Å²) in [7, 11) is 1.96. The second kappa shape index (κ2) is 9.49. The van der Waals surface area contributed by atoms with Crippen molar-refractivity contribution in [3.05, 3.63) is 65.3 Å². The fourth-order valence-electron chi connectivity index (χ4n) is 5.98. The topological polar surface area (TPSA) is 101 Å². The summed E-state index contributed by atoms with van der Waals surface area (Å²) in [5.74, 6) is 1.14. The summed E-state index contributed by atoms with van der Waals surface area (Å²) < 4.78 is 44.3. The lowest BCUT2D eigenvalue weighted by Crippen LogP contribution is -2.63. The van der Waals surface area contributed by atoms with E-state index in [1.807, 2.05) is 14.0 Å². The lowest BCUT2D eigenvalue weighted by Gasteiger charge is -2.55. The summed E-state index contributed by atoms with van der Waals surface area (Å²) >= 11 is 0. The molecule has 198 valence electrons. The molecule has 0 amide bonds. The highest BCUT2D eigenvalue weighted by molar-refractivity contribution is 5.56. The van der Waals surface area contributed by atoms with Crippen LogP contribution in [0, 0.1) is 5.41 Å². The van der Waals surface area contributed by atoms with E-state index in [0.29, 0.717) is 41.5 Å². The Morgan fingerprint density at radius 2 is 1.76 bits per heavy atom. The van der Waals surface area contributed by atoms with E-state index >= 15 is 0 Å². The predicted octanol–water partition coefficient (Wildman–Crippen LogP) is 4.41. The quantitative estimate of drug-likeness (QED) is 0.502. The van der Waals surface area contributed by atoms with Gasteiger partial charge in [0.05, 0.1) is 6.42 Å². The highest BCUT2D eigenvalue weighted by Gasteiger charge is 2.55. The first-order chi connectivity index (χ1) is 17.5. The molecular weight excluding hydrogens is 483 g/mol. The molecule has 3 heterocycles. The van der Waals surface area contributed by atoms with E-state index in [-0.39, 0.29) is 17.5 Å². The van der Waals surface area contributed by atoms with Crippen LogP contribution in [0.4, 0.5) is 13.2 Å². The normalized spacial score (nSPS) is 23.9. The van der Waals surface area contributed by atoms with Crippen LogP contribution in [-0.4, -0.2) is 57.5 Å². The molecule has 5 rings (SSSR count). The van der Waals surface area contributed by atoms with Crippen molar-refractivity contribution in [1.82, 2.24) is 20.0 Å². The van der Waals surface area contributed by atoms with Crippen LogP contribution in [0.5, 0.6) is 0 Å². The van der Waals surface area contributed by atoms with E-state index in [4.69, 9.17) is 10.3 Å². The molecular formula is C27H32F3N5O2. The van der Waals surface area contributed by atoms with Gasteiger partial charge in [0, 0.05) is 54.0 Å². The fraction of sp³-hybridized carbons (Fsp3) is 0.519. The summed E-state index contributed by atoms with van der Waals surface area (Å²) in [6.07, 6.45) is 1.54. The van der Waals surface area contributed by atoms with E-state index in [0.717, 1.165) is 25.7 Å². The SMILES string of the molecule is CN1CC(C)(C(O)(c2ccc(CC(F)(F)F)cc2)c2cncc(-c3noc(C4CCC(N)CC4)n3)c2)C1. The Balaban J connectivity index is 1.48. The lowest BCUT2D eigenvalue weighted by atomic mass is 9.62. The van der Waals surface area contributed by atoms with Crippen molar-refractivity contribution >= 4 is 0 Å². The van der Waals surface area contributed by atoms with Gasteiger partial charge in [-0.1, -0.05) is 36.3 Å². The van der Waals surface area contributed by atoms with Crippen LogP contribution in [0.2, 0.25) is 0 Å². The fourth-order valence-corrected chi connectivity index (χ4v) is 5.98. The third-order valence-corrected chi connectivity index (χ3v) is 7.86. The average Bonchev–Trinajstić information content (AvgIpc) is 3.33. The maximum absolute atomic E-state index is 12.9. The molecule has 1 aliphatic carbocycles. The van der Waals surface area contributed by atoms with Gasteiger partial charge in [-0.05, 0) is 49.9 Å². The molecule has 37 heavy (non-hydrogen) atoms. The number of likely N-dealkylation sites (tertiary alicyclic amines) is 1. The van der Waals surface area contributed by atoms with Crippen molar-refractivity contribution in [2.75, 3.05) is 20.1 Å². The molecule has 1 aliphatic heterocycles. The maximum Gasteiger partial charge on any atom is 0.393 e. The number of nitrogens with zero attached hydrogens (tertiary/aromatic N) is 4. The largest absolute Gasteiger partial charge is 0.393 e. The van der Waals surface area contributed by atoms with Crippen molar-refractivity contribution in [3.8, 4) is 11.4 Å². The Morgan fingerprint density at radius 3 is 2.38 bits per heavy atom. The number of hydrogen-bond donors (Lipinski definition) is 2. The van der Waals surface area contributed by atoms with Crippen molar-refractivity contribution in [2.45, 2.75) is 62.8 Å². The molecule has 2 aromatic heterocycles. The van der Waals surface area contributed by atoms with Crippen LogP contribution in [0.15, 0.2) is 47.2 Å². The number of hydrogen-bond acceptors (Lipinski definition) is 7.